The Morgan fingerprint density at radius 3 is 2.00 bits per heavy atom. The topological polar surface area (TPSA) is 67.8 Å². The van der Waals surface area contributed by atoms with Crippen molar-refractivity contribution < 1.29 is 5.11 Å². The van der Waals surface area contributed by atoms with E-state index in [9.17, 15) is 0 Å². The van der Waals surface area contributed by atoms with Crippen molar-refractivity contribution in [2.45, 2.75) is 6.10 Å². The van der Waals surface area contributed by atoms with E-state index in [1.807, 2.05) is 0 Å². The molecule has 0 rings (SSSR count). The maximum Gasteiger partial charge on any atom is 0.177 e. The summed E-state index contributed by atoms with van der Waals surface area (Å²) in [5, 5.41) is 25.2. The molecule has 0 spiro atoms. The number of hydrogen-bond acceptors (Lipinski definition) is 5. The van der Waals surface area contributed by atoms with Crippen LogP contribution in [0.15, 0.2) is 9.81 Å². The van der Waals surface area contributed by atoms with Crippen molar-refractivity contribution >= 4 is 25.3 Å². The monoisotopic (exact) mass is 172 g/mol. The van der Waals surface area contributed by atoms with E-state index in [1.165, 1.54) is 6.07 Å². The van der Waals surface area contributed by atoms with Crippen LogP contribution in [0.5, 0.6) is 0 Å². The van der Waals surface area contributed by atoms with Crippen LogP contribution < -0.4 is 0 Å². The second kappa shape index (κ2) is 4.24. The van der Waals surface area contributed by atoms with Crippen molar-refractivity contribution in [3.05, 3.63) is 9.81 Å². The molecule has 0 aliphatic carbocycles. The van der Waals surface area contributed by atoms with E-state index in [0.717, 1.165) is 0 Å². The van der Waals surface area contributed by atoms with Crippen LogP contribution in [0.25, 0.3) is 0 Å². The van der Waals surface area contributed by atoms with Gasteiger partial charge in [0.25, 0.3) is 0 Å². The fourth-order valence-corrected chi connectivity index (χ4v) is 0.643. The van der Waals surface area contributed by atoms with E-state index in [-0.39, 0.29) is 9.81 Å². The van der Waals surface area contributed by atoms with Crippen LogP contribution in [-0.4, -0.2) is 11.2 Å². The lowest BCUT2D eigenvalue weighted by Crippen LogP contribution is -2.05. The number of thiol groups is 2. The molecule has 3 nitrogen and oxygen atoms in total. The standard InChI is InChI=1S/C5H4N2OS2/c6-1-3(5(9)10)4(8)2-7/h4,8-10H. The van der Waals surface area contributed by atoms with Crippen LogP contribution >= 0.6 is 25.3 Å². The summed E-state index contributed by atoms with van der Waals surface area (Å²) in [7, 11) is 0. The third-order valence-electron chi connectivity index (χ3n) is 0.757. The fraction of sp³-hybridized carbons (Fsp3) is 0.200. The van der Waals surface area contributed by atoms with Crippen molar-refractivity contribution in [2.75, 3.05) is 0 Å². The van der Waals surface area contributed by atoms with E-state index in [4.69, 9.17) is 15.6 Å². The predicted octanol–water partition coefficient (Wildman–Crippen LogP) is 0.466. The van der Waals surface area contributed by atoms with Gasteiger partial charge in [-0.15, -0.1) is 25.3 Å². The van der Waals surface area contributed by atoms with Gasteiger partial charge >= 0.3 is 0 Å². The fourth-order valence-electron chi connectivity index (χ4n) is 0.298. The average Bonchev–Trinajstić information content (AvgIpc) is 1.88. The molecule has 5 heteroatoms. The Labute approximate surface area is 69.4 Å². The van der Waals surface area contributed by atoms with Gasteiger partial charge in [-0.2, -0.15) is 10.5 Å². The van der Waals surface area contributed by atoms with Crippen molar-refractivity contribution in [3.8, 4) is 12.1 Å². The van der Waals surface area contributed by atoms with Crippen molar-refractivity contribution in [1.82, 2.24) is 0 Å². The van der Waals surface area contributed by atoms with Crippen molar-refractivity contribution in [1.29, 1.82) is 10.5 Å². The molecule has 0 radical (unpaired) electrons. The van der Waals surface area contributed by atoms with Crippen LogP contribution in [0.2, 0.25) is 0 Å². The first-order chi connectivity index (χ1) is 4.63. The summed E-state index contributed by atoms with van der Waals surface area (Å²) < 4.78 is 0.0663. The van der Waals surface area contributed by atoms with E-state index in [1.54, 1.807) is 6.07 Å². The molecule has 1 atom stereocenters. The van der Waals surface area contributed by atoms with Gasteiger partial charge in [0.05, 0.1) is 15.9 Å². The Bertz CT molecular complexity index is 231. The number of hydrogen-bond donors (Lipinski definition) is 3. The van der Waals surface area contributed by atoms with E-state index >= 15 is 0 Å². The maximum absolute atomic E-state index is 8.75. The molecule has 0 aromatic carbocycles. The Morgan fingerprint density at radius 2 is 1.90 bits per heavy atom. The van der Waals surface area contributed by atoms with Gasteiger partial charge in [0.15, 0.2) is 6.10 Å². The lowest BCUT2D eigenvalue weighted by Gasteiger charge is -1.97. The predicted molar refractivity (Wildman–Crippen MR) is 42.2 cm³/mol. The largest absolute Gasteiger partial charge is 0.373 e. The summed E-state index contributed by atoms with van der Waals surface area (Å²) >= 11 is 7.35. The molecule has 1 unspecified atom stereocenters. The summed E-state index contributed by atoms with van der Waals surface area (Å²) in [4.78, 5) is 0. The zero-order chi connectivity index (χ0) is 8.15. The minimum absolute atomic E-state index is 0.0663. The molecule has 0 saturated carbocycles. The molecule has 0 aliphatic heterocycles. The molecule has 1 N–H and O–H groups in total. The zero-order valence-corrected chi connectivity index (χ0v) is 6.60. The highest BCUT2D eigenvalue weighted by molar-refractivity contribution is 8.05. The second-order valence-electron chi connectivity index (χ2n) is 1.38. The van der Waals surface area contributed by atoms with E-state index in [2.05, 4.69) is 25.3 Å². The molecule has 0 aromatic rings. The van der Waals surface area contributed by atoms with Gasteiger partial charge in [-0.25, -0.2) is 0 Å². The third kappa shape index (κ3) is 2.32. The SMILES string of the molecule is N#CC(=C(S)S)C(O)C#N. The van der Waals surface area contributed by atoms with E-state index in [0.29, 0.717) is 0 Å². The van der Waals surface area contributed by atoms with Gasteiger partial charge in [-0.05, 0) is 0 Å². The van der Waals surface area contributed by atoms with Gasteiger partial charge in [0, 0.05) is 0 Å². The molecule has 0 heterocycles. The number of nitrogens with zero attached hydrogens (tertiary/aromatic N) is 2. The molecule has 0 saturated heterocycles. The highest BCUT2D eigenvalue weighted by Gasteiger charge is 2.10. The molecular formula is C5H4N2OS2. The molecule has 0 bridgehead atoms. The molecule has 0 amide bonds. The summed E-state index contributed by atoms with van der Waals surface area (Å²) in [5.41, 5.74) is -0.130. The first kappa shape index (κ1) is 9.38. The average molecular weight is 172 g/mol. The molecule has 0 aliphatic rings. The summed E-state index contributed by atoms with van der Waals surface area (Å²) in [6.45, 7) is 0. The Morgan fingerprint density at radius 1 is 1.40 bits per heavy atom. The smallest absolute Gasteiger partial charge is 0.177 e. The van der Waals surface area contributed by atoms with Crippen molar-refractivity contribution in [2.24, 2.45) is 0 Å². The minimum atomic E-state index is -1.42. The molecular weight excluding hydrogens is 168 g/mol. The van der Waals surface area contributed by atoms with Crippen LogP contribution in [0.1, 0.15) is 0 Å². The van der Waals surface area contributed by atoms with Crippen LogP contribution in [-0.2, 0) is 0 Å². The zero-order valence-electron chi connectivity index (χ0n) is 4.81. The number of rotatable bonds is 1. The molecule has 10 heavy (non-hydrogen) atoms. The highest BCUT2D eigenvalue weighted by atomic mass is 32.2. The maximum atomic E-state index is 8.75. The summed E-state index contributed by atoms with van der Waals surface area (Å²) in [6, 6.07) is 3.08. The van der Waals surface area contributed by atoms with Gasteiger partial charge in [0.2, 0.25) is 0 Å². The van der Waals surface area contributed by atoms with Gasteiger partial charge < -0.3 is 5.11 Å². The number of aliphatic hydroxyl groups excluding tert-OH is 1. The first-order valence-electron chi connectivity index (χ1n) is 2.23. The second-order valence-corrected chi connectivity index (χ2v) is 2.63. The Balaban J connectivity index is 4.62. The summed E-state index contributed by atoms with van der Waals surface area (Å²) in [6.07, 6.45) is -1.42. The number of aliphatic hydroxyl groups is 1. The highest BCUT2D eigenvalue weighted by Crippen LogP contribution is 2.14. The molecule has 0 aromatic heterocycles. The molecule has 0 fully saturated rings. The Hall–Kier alpha value is -0.620. The van der Waals surface area contributed by atoms with E-state index < -0.39 is 6.10 Å². The third-order valence-corrected chi connectivity index (χ3v) is 1.24. The molecule has 52 valence electrons. The lowest BCUT2D eigenvalue weighted by molar-refractivity contribution is 0.271. The Kier molecular flexibility index (Phi) is 3.97. The first-order valence-corrected chi connectivity index (χ1v) is 3.12. The lowest BCUT2D eigenvalue weighted by atomic mass is 10.2. The van der Waals surface area contributed by atoms with Crippen LogP contribution in [0.3, 0.4) is 0 Å². The van der Waals surface area contributed by atoms with Gasteiger partial charge in [0.1, 0.15) is 6.07 Å². The number of nitriles is 2. The van der Waals surface area contributed by atoms with Gasteiger partial charge in [-0.3, -0.25) is 0 Å². The van der Waals surface area contributed by atoms with Crippen LogP contribution in [0.4, 0.5) is 0 Å². The normalized spacial score (nSPS) is 10.9. The summed E-state index contributed by atoms with van der Waals surface area (Å²) in [5.74, 6) is 0. The van der Waals surface area contributed by atoms with Crippen molar-refractivity contribution in [3.63, 3.8) is 0 Å². The van der Waals surface area contributed by atoms with Gasteiger partial charge in [-0.1, -0.05) is 0 Å². The minimum Gasteiger partial charge on any atom is -0.373 e. The van der Waals surface area contributed by atoms with Crippen LogP contribution in [0, 0.1) is 22.7 Å². The quantitative estimate of drug-likeness (QED) is 0.306.